The van der Waals surface area contributed by atoms with Crippen LogP contribution in [0.1, 0.15) is 31.4 Å². The number of aromatic amines is 1. The maximum Gasteiger partial charge on any atom is 0.243 e. The molecule has 0 saturated heterocycles. The molecule has 2 rings (SSSR count). The molecule has 1 aliphatic carbocycles. The standard InChI is InChI=1S/C12H20ClN3O2S/c1-9-12(8-14-16-9)19(17,18)15-7-11-5-3-2-4-10(11)6-13/h8,10-11,15H,2-7H2,1H3,(H,14,16). The van der Waals surface area contributed by atoms with Gasteiger partial charge in [0.1, 0.15) is 4.90 Å². The van der Waals surface area contributed by atoms with Gasteiger partial charge >= 0.3 is 0 Å². The van der Waals surface area contributed by atoms with Crippen molar-refractivity contribution in [2.24, 2.45) is 11.8 Å². The molecular formula is C12H20ClN3O2S. The van der Waals surface area contributed by atoms with E-state index < -0.39 is 10.0 Å². The van der Waals surface area contributed by atoms with Gasteiger partial charge in [0.05, 0.1) is 11.9 Å². The van der Waals surface area contributed by atoms with Crippen molar-refractivity contribution in [1.82, 2.24) is 14.9 Å². The number of sulfonamides is 1. The number of aromatic nitrogens is 2. The van der Waals surface area contributed by atoms with Crippen LogP contribution in [0, 0.1) is 18.8 Å². The number of aryl methyl sites for hydroxylation is 1. The number of alkyl halides is 1. The fourth-order valence-electron chi connectivity index (χ4n) is 2.66. The van der Waals surface area contributed by atoms with Gasteiger partial charge in [-0.15, -0.1) is 11.6 Å². The topological polar surface area (TPSA) is 74.8 Å². The molecule has 0 amide bonds. The minimum Gasteiger partial charge on any atom is -0.281 e. The number of nitrogens with zero attached hydrogens (tertiary/aromatic N) is 1. The average molecular weight is 306 g/mol. The highest BCUT2D eigenvalue weighted by Gasteiger charge is 2.27. The summed E-state index contributed by atoms with van der Waals surface area (Å²) < 4.78 is 27.0. The molecule has 0 radical (unpaired) electrons. The molecule has 5 nitrogen and oxygen atoms in total. The van der Waals surface area contributed by atoms with E-state index in [1.165, 1.54) is 12.6 Å². The Morgan fingerprint density at radius 3 is 2.68 bits per heavy atom. The molecule has 1 aromatic rings. The Kier molecular flexibility index (Phi) is 4.86. The fourth-order valence-corrected chi connectivity index (χ4v) is 4.30. The van der Waals surface area contributed by atoms with Crippen molar-refractivity contribution >= 4 is 21.6 Å². The van der Waals surface area contributed by atoms with Crippen LogP contribution in [0.25, 0.3) is 0 Å². The second-order valence-electron chi connectivity index (χ2n) is 5.17. The number of H-pyrrole nitrogens is 1. The summed E-state index contributed by atoms with van der Waals surface area (Å²) in [7, 11) is -3.47. The monoisotopic (exact) mass is 305 g/mol. The lowest BCUT2D eigenvalue weighted by Gasteiger charge is -2.30. The van der Waals surface area contributed by atoms with Crippen LogP contribution in [0.4, 0.5) is 0 Å². The van der Waals surface area contributed by atoms with E-state index in [1.54, 1.807) is 6.92 Å². The first-order valence-electron chi connectivity index (χ1n) is 6.60. The van der Waals surface area contributed by atoms with Gasteiger partial charge in [0, 0.05) is 12.4 Å². The molecule has 108 valence electrons. The van der Waals surface area contributed by atoms with Crippen molar-refractivity contribution in [1.29, 1.82) is 0 Å². The molecule has 1 fully saturated rings. The van der Waals surface area contributed by atoms with Gasteiger partial charge in [-0.25, -0.2) is 13.1 Å². The van der Waals surface area contributed by atoms with E-state index in [0.29, 0.717) is 30.0 Å². The zero-order valence-corrected chi connectivity index (χ0v) is 12.6. The molecule has 2 atom stereocenters. The van der Waals surface area contributed by atoms with Crippen LogP contribution >= 0.6 is 11.6 Å². The first-order valence-corrected chi connectivity index (χ1v) is 8.62. The fraction of sp³-hybridized carbons (Fsp3) is 0.750. The van der Waals surface area contributed by atoms with E-state index in [2.05, 4.69) is 14.9 Å². The van der Waals surface area contributed by atoms with Crippen LogP contribution in [0.5, 0.6) is 0 Å². The minimum atomic E-state index is -3.47. The molecule has 1 aromatic heterocycles. The highest BCUT2D eigenvalue weighted by atomic mass is 35.5. The zero-order valence-electron chi connectivity index (χ0n) is 11.0. The molecule has 1 saturated carbocycles. The molecular weight excluding hydrogens is 286 g/mol. The third-order valence-corrected chi connectivity index (χ3v) is 5.81. The first-order chi connectivity index (χ1) is 9.04. The third-order valence-electron chi connectivity index (χ3n) is 3.87. The van der Waals surface area contributed by atoms with E-state index in [1.807, 2.05) is 0 Å². The van der Waals surface area contributed by atoms with Crippen molar-refractivity contribution in [2.75, 3.05) is 12.4 Å². The summed E-state index contributed by atoms with van der Waals surface area (Å²) in [6, 6.07) is 0. The molecule has 0 aromatic carbocycles. The first kappa shape index (κ1) is 14.8. The van der Waals surface area contributed by atoms with E-state index >= 15 is 0 Å². The van der Waals surface area contributed by atoms with Gasteiger partial charge in [-0.2, -0.15) is 5.10 Å². The summed E-state index contributed by atoms with van der Waals surface area (Å²) in [5, 5.41) is 6.39. The normalized spacial score (nSPS) is 24.5. The van der Waals surface area contributed by atoms with Crippen LogP contribution in [-0.2, 0) is 10.0 Å². The Balaban J connectivity index is 2.00. The van der Waals surface area contributed by atoms with Crippen molar-refractivity contribution in [2.45, 2.75) is 37.5 Å². The van der Waals surface area contributed by atoms with Gasteiger partial charge in [0.25, 0.3) is 0 Å². The highest BCUT2D eigenvalue weighted by molar-refractivity contribution is 7.89. The number of hydrogen-bond acceptors (Lipinski definition) is 3. The van der Waals surface area contributed by atoms with Crippen molar-refractivity contribution < 1.29 is 8.42 Å². The molecule has 0 spiro atoms. The van der Waals surface area contributed by atoms with Gasteiger partial charge in [0.15, 0.2) is 0 Å². The van der Waals surface area contributed by atoms with Crippen molar-refractivity contribution in [3.63, 3.8) is 0 Å². The van der Waals surface area contributed by atoms with E-state index in [4.69, 9.17) is 11.6 Å². The van der Waals surface area contributed by atoms with Crippen LogP contribution in [-0.4, -0.2) is 31.0 Å². The number of hydrogen-bond donors (Lipinski definition) is 2. The summed E-state index contributed by atoms with van der Waals surface area (Å²) in [6.45, 7) is 2.16. The molecule has 7 heteroatoms. The summed E-state index contributed by atoms with van der Waals surface area (Å²) in [6.07, 6.45) is 5.84. The molecule has 1 aliphatic rings. The predicted molar refractivity (Wildman–Crippen MR) is 74.7 cm³/mol. The van der Waals surface area contributed by atoms with Gasteiger partial charge in [-0.1, -0.05) is 12.8 Å². The van der Waals surface area contributed by atoms with Crippen LogP contribution in [0.3, 0.4) is 0 Å². The number of halogens is 1. The van der Waals surface area contributed by atoms with E-state index in [-0.39, 0.29) is 4.90 Å². The maximum atomic E-state index is 12.1. The summed E-state index contributed by atoms with van der Waals surface area (Å²) in [5.41, 5.74) is 0.560. The number of nitrogens with one attached hydrogen (secondary N) is 2. The van der Waals surface area contributed by atoms with Gasteiger partial charge in [-0.05, 0) is 31.6 Å². The predicted octanol–water partition coefficient (Wildman–Crippen LogP) is 2.04. The SMILES string of the molecule is Cc1[nH]ncc1S(=O)(=O)NCC1CCCCC1CCl. The summed E-state index contributed by atoms with van der Waals surface area (Å²) in [4.78, 5) is 0.228. The number of rotatable bonds is 5. The van der Waals surface area contributed by atoms with Crippen molar-refractivity contribution in [3.05, 3.63) is 11.9 Å². The minimum absolute atomic E-state index is 0.228. The van der Waals surface area contributed by atoms with E-state index in [9.17, 15) is 8.42 Å². The zero-order chi connectivity index (χ0) is 13.9. The van der Waals surface area contributed by atoms with Gasteiger partial charge < -0.3 is 0 Å². The third kappa shape index (κ3) is 3.49. The Bertz CT molecular complexity index is 515. The summed E-state index contributed by atoms with van der Waals surface area (Å²) in [5.74, 6) is 1.37. The highest BCUT2D eigenvalue weighted by Crippen LogP contribution is 2.30. The molecule has 2 N–H and O–H groups in total. The Hall–Kier alpha value is -0.590. The molecule has 2 unspecified atom stereocenters. The van der Waals surface area contributed by atoms with Gasteiger partial charge in [-0.3, -0.25) is 5.10 Å². The molecule has 0 aliphatic heterocycles. The Morgan fingerprint density at radius 1 is 1.42 bits per heavy atom. The van der Waals surface area contributed by atoms with Crippen LogP contribution in [0.15, 0.2) is 11.1 Å². The molecule has 0 bridgehead atoms. The Labute approximate surface area is 119 Å². The van der Waals surface area contributed by atoms with Gasteiger partial charge in [0.2, 0.25) is 10.0 Å². The summed E-state index contributed by atoms with van der Waals surface area (Å²) >= 11 is 5.96. The second kappa shape index (κ2) is 6.24. The van der Waals surface area contributed by atoms with E-state index in [0.717, 1.165) is 19.3 Å². The molecule has 19 heavy (non-hydrogen) atoms. The van der Waals surface area contributed by atoms with Crippen LogP contribution < -0.4 is 4.72 Å². The smallest absolute Gasteiger partial charge is 0.243 e. The lowest BCUT2D eigenvalue weighted by Crippen LogP contribution is -2.35. The van der Waals surface area contributed by atoms with Crippen molar-refractivity contribution in [3.8, 4) is 0 Å². The quantitative estimate of drug-likeness (QED) is 0.818. The largest absolute Gasteiger partial charge is 0.281 e. The second-order valence-corrected chi connectivity index (χ2v) is 7.21. The average Bonchev–Trinajstić information content (AvgIpc) is 2.84. The maximum absolute atomic E-state index is 12.1. The lowest BCUT2D eigenvalue weighted by molar-refractivity contribution is 0.260. The Morgan fingerprint density at radius 2 is 2.11 bits per heavy atom. The van der Waals surface area contributed by atoms with Crippen LogP contribution in [0.2, 0.25) is 0 Å². The molecule has 1 heterocycles. The lowest BCUT2D eigenvalue weighted by atomic mass is 9.80.